The number of rotatable bonds is 9. The molecule has 10 heteroatoms. The highest BCUT2D eigenvalue weighted by Crippen LogP contribution is 2.25. The van der Waals surface area contributed by atoms with E-state index in [0.717, 1.165) is 23.4 Å². The number of carbonyl (C=O) groups excluding carboxylic acids is 1. The lowest BCUT2D eigenvalue weighted by Crippen LogP contribution is -2.17. The number of carbonyl (C=O) groups is 1. The summed E-state index contributed by atoms with van der Waals surface area (Å²) in [6.07, 6.45) is 9.30. The van der Waals surface area contributed by atoms with Crippen LogP contribution in [0.5, 0.6) is 5.75 Å². The maximum absolute atomic E-state index is 10.7. The molecule has 0 aliphatic heterocycles. The van der Waals surface area contributed by atoms with Crippen LogP contribution in [0.2, 0.25) is 0 Å². The predicted molar refractivity (Wildman–Crippen MR) is 141 cm³/mol. The summed E-state index contributed by atoms with van der Waals surface area (Å²) >= 11 is 6.25. The van der Waals surface area contributed by atoms with Crippen molar-refractivity contribution in [2.45, 2.75) is 27.2 Å². The average Bonchev–Trinajstić information content (AvgIpc) is 3.00. The highest BCUT2D eigenvalue weighted by molar-refractivity contribution is 7.90. The van der Waals surface area contributed by atoms with Gasteiger partial charge in [0.15, 0.2) is 0 Å². The van der Waals surface area contributed by atoms with E-state index < -0.39 is 9.84 Å². The van der Waals surface area contributed by atoms with E-state index in [9.17, 15) is 13.2 Å². The minimum absolute atomic E-state index is 0.226. The number of aldehydes is 1. The lowest BCUT2D eigenvalue weighted by atomic mass is 10.2. The summed E-state index contributed by atoms with van der Waals surface area (Å²) in [5.74, 6) is 0.830. The van der Waals surface area contributed by atoms with Gasteiger partial charge in [0.1, 0.15) is 28.1 Å². The quantitative estimate of drug-likeness (QED) is 0.221. The van der Waals surface area contributed by atoms with Gasteiger partial charge in [-0.2, -0.15) is 10.4 Å². The molecule has 1 N–H and O–H groups in total. The third-order valence-electron chi connectivity index (χ3n) is 4.25. The molecule has 0 bridgehead atoms. The number of allylic oxidation sites excluding steroid dienone is 6. The smallest absolute Gasteiger partial charge is 0.150 e. The number of ether oxygens (including phenoxy) is 1. The molecule has 0 fully saturated rings. The summed E-state index contributed by atoms with van der Waals surface area (Å²) < 4.78 is 26.4. The Morgan fingerprint density at radius 1 is 1.26 bits per heavy atom. The zero-order valence-corrected chi connectivity index (χ0v) is 22.2. The number of hydrogen-bond donors (Lipinski definition) is 1. The Balaban J connectivity index is 0.000000658. The van der Waals surface area contributed by atoms with Gasteiger partial charge < -0.3 is 10.1 Å². The summed E-state index contributed by atoms with van der Waals surface area (Å²) in [6.45, 7) is 6.17. The van der Waals surface area contributed by atoms with Crippen molar-refractivity contribution in [3.05, 3.63) is 76.3 Å². The summed E-state index contributed by atoms with van der Waals surface area (Å²) in [6, 6.07) is 8.93. The van der Waals surface area contributed by atoms with Crippen molar-refractivity contribution in [3.8, 4) is 11.8 Å². The van der Waals surface area contributed by atoms with Gasteiger partial charge in [-0.1, -0.05) is 11.6 Å². The van der Waals surface area contributed by atoms with Gasteiger partial charge in [0.2, 0.25) is 0 Å². The normalized spacial score (nSPS) is 13.5. The molecular weight excluding hydrogens is 488 g/mol. The van der Waals surface area contributed by atoms with Crippen LogP contribution < -0.4 is 10.1 Å². The summed E-state index contributed by atoms with van der Waals surface area (Å²) in [5.41, 5.74) is 3.45. The first-order chi connectivity index (χ1) is 16.5. The molecule has 0 radical (unpaired) electrons. The van der Waals surface area contributed by atoms with Crippen molar-refractivity contribution < 1.29 is 17.9 Å². The van der Waals surface area contributed by atoms with E-state index in [1.54, 1.807) is 60.8 Å². The zero-order chi connectivity index (χ0) is 26.4. The first-order valence-electron chi connectivity index (χ1n) is 10.7. The molecule has 35 heavy (non-hydrogen) atoms. The van der Waals surface area contributed by atoms with Crippen LogP contribution in [0.25, 0.3) is 0 Å². The summed E-state index contributed by atoms with van der Waals surface area (Å²) in [5, 5.41) is 18.7. The molecule has 188 valence electrons. The molecule has 0 saturated carbocycles. The van der Waals surface area contributed by atoms with Crippen LogP contribution >= 0.6 is 11.6 Å². The molecule has 0 atom stereocenters. The lowest BCUT2D eigenvalue weighted by Gasteiger charge is -2.21. The number of nitrogens with zero attached hydrogens (tertiary/aromatic N) is 3. The molecule has 8 nitrogen and oxygen atoms in total. The summed E-state index contributed by atoms with van der Waals surface area (Å²) in [4.78, 5) is 10.7. The molecule has 1 aromatic rings. The second kappa shape index (κ2) is 14.9. The number of hydrogen-bond acceptors (Lipinski definition) is 8. The number of halogens is 1. The molecule has 1 aliphatic carbocycles. The molecule has 0 spiro atoms. The Morgan fingerprint density at radius 3 is 2.40 bits per heavy atom. The molecule has 0 unspecified atom stereocenters. The van der Waals surface area contributed by atoms with E-state index >= 15 is 0 Å². The first-order valence-corrected chi connectivity index (χ1v) is 13.1. The largest absolute Gasteiger partial charge is 0.463 e. The van der Waals surface area contributed by atoms with Crippen LogP contribution in [0.1, 0.15) is 37.6 Å². The first kappa shape index (κ1) is 29.8. The topological polar surface area (TPSA) is 112 Å². The predicted octanol–water partition coefficient (Wildman–Crippen LogP) is 4.55. The molecule has 0 amide bonds. The number of nitrogens with one attached hydrogen (secondary N) is 1. The van der Waals surface area contributed by atoms with E-state index in [2.05, 4.69) is 16.5 Å². The highest BCUT2D eigenvalue weighted by Gasteiger charge is 2.13. The lowest BCUT2D eigenvalue weighted by molar-refractivity contribution is 0.112. The molecule has 0 aromatic heterocycles. The third-order valence-corrected chi connectivity index (χ3v) is 5.43. The maximum atomic E-state index is 10.7. The van der Waals surface area contributed by atoms with Crippen LogP contribution in [0.3, 0.4) is 0 Å². The van der Waals surface area contributed by atoms with Crippen LogP contribution in [0.4, 0.5) is 0 Å². The minimum Gasteiger partial charge on any atom is -0.463 e. The van der Waals surface area contributed by atoms with Crippen LogP contribution in [-0.4, -0.2) is 51.0 Å². The number of hydrazone groups is 1. The van der Waals surface area contributed by atoms with Crippen molar-refractivity contribution >= 4 is 33.4 Å². The van der Waals surface area contributed by atoms with Gasteiger partial charge in [0.25, 0.3) is 0 Å². The molecule has 0 saturated heterocycles. The molecule has 1 aliphatic rings. The van der Waals surface area contributed by atoms with Crippen molar-refractivity contribution in [2.24, 2.45) is 5.10 Å². The Kier molecular flexibility index (Phi) is 12.7. The standard InChI is InChI=1S/C21H20ClN3O2.C4H11NO2S/c1-15(2)24-25(20-7-4-18(12-23)10-19(22)11-20)16(3)14-27-21-8-5-17(13-26)6-9-21;1-5-3-4-8(2,6)7/h4-9,11,13-14H,10H2,1-3H3;5H,3-4H2,1-2H3/b16-14+;. The van der Waals surface area contributed by atoms with Gasteiger partial charge in [-0.25, -0.2) is 13.4 Å². The second-order valence-corrected chi connectivity index (χ2v) is 10.6. The fraction of sp³-hybridized carbons (Fsp3) is 0.320. The van der Waals surface area contributed by atoms with Gasteiger partial charge in [0.05, 0.1) is 23.2 Å². The van der Waals surface area contributed by atoms with Crippen LogP contribution in [0, 0.1) is 11.3 Å². The molecule has 0 heterocycles. The Labute approximate surface area is 212 Å². The minimum atomic E-state index is -2.75. The van der Waals surface area contributed by atoms with Crippen LogP contribution in [0.15, 0.2) is 75.9 Å². The highest BCUT2D eigenvalue weighted by atomic mass is 35.5. The monoisotopic (exact) mass is 518 g/mol. The number of nitriles is 1. The summed E-state index contributed by atoms with van der Waals surface area (Å²) in [7, 11) is -1.02. The van der Waals surface area contributed by atoms with Crippen molar-refractivity contribution in [2.75, 3.05) is 25.6 Å². The Hall–Kier alpha value is -3.19. The molecule has 2 rings (SSSR count). The fourth-order valence-corrected chi connectivity index (χ4v) is 3.38. The van der Waals surface area contributed by atoms with Gasteiger partial charge in [-0.05, 0) is 70.3 Å². The Bertz CT molecular complexity index is 1170. The zero-order valence-electron chi connectivity index (χ0n) is 20.6. The van der Waals surface area contributed by atoms with E-state index in [0.29, 0.717) is 34.9 Å². The third kappa shape index (κ3) is 12.2. The van der Waals surface area contributed by atoms with E-state index in [1.807, 2.05) is 20.8 Å². The van der Waals surface area contributed by atoms with E-state index in [-0.39, 0.29) is 5.75 Å². The second-order valence-electron chi connectivity index (χ2n) is 7.82. The van der Waals surface area contributed by atoms with E-state index in [4.69, 9.17) is 21.6 Å². The van der Waals surface area contributed by atoms with Crippen molar-refractivity contribution in [1.82, 2.24) is 10.3 Å². The van der Waals surface area contributed by atoms with Gasteiger partial charge in [-0.15, -0.1) is 0 Å². The van der Waals surface area contributed by atoms with Gasteiger partial charge in [-0.3, -0.25) is 4.79 Å². The van der Waals surface area contributed by atoms with Crippen LogP contribution in [-0.2, 0) is 9.84 Å². The molecular formula is C25H31ClN4O4S. The van der Waals surface area contributed by atoms with E-state index in [1.165, 1.54) is 6.26 Å². The Morgan fingerprint density at radius 2 is 1.91 bits per heavy atom. The van der Waals surface area contributed by atoms with Gasteiger partial charge >= 0.3 is 0 Å². The van der Waals surface area contributed by atoms with Crippen molar-refractivity contribution in [3.63, 3.8) is 0 Å². The maximum Gasteiger partial charge on any atom is 0.150 e. The SMILES string of the molecule is CC(C)=NN(C1=CC=C(C#N)CC(Cl)=C1)/C(C)=C/Oc1ccc(C=O)cc1.CNCCS(C)(=O)=O. The average molecular weight is 519 g/mol. The van der Waals surface area contributed by atoms with Gasteiger partial charge in [0, 0.05) is 41.1 Å². The number of sulfone groups is 1. The molecule has 1 aromatic carbocycles. The fourth-order valence-electron chi connectivity index (χ4n) is 2.55. The number of benzene rings is 1. The van der Waals surface area contributed by atoms with Crippen molar-refractivity contribution in [1.29, 1.82) is 5.26 Å².